The molecule has 1 rings (SSSR count). The maximum absolute atomic E-state index is 11.9. The molecule has 1 aromatic rings. The topological polar surface area (TPSA) is 71.1 Å². The van der Waals surface area contributed by atoms with Gasteiger partial charge in [-0.15, -0.1) is 0 Å². The van der Waals surface area contributed by atoms with E-state index >= 15 is 0 Å². The van der Waals surface area contributed by atoms with E-state index in [2.05, 4.69) is 20.7 Å². The predicted molar refractivity (Wildman–Crippen MR) is 78.8 cm³/mol. The lowest BCUT2D eigenvalue weighted by molar-refractivity contribution is -0.144. The zero-order valence-corrected chi connectivity index (χ0v) is 13.7. The van der Waals surface area contributed by atoms with Gasteiger partial charge in [0.1, 0.15) is 0 Å². The van der Waals surface area contributed by atoms with Crippen molar-refractivity contribution in [2.24, 2.45) is 0 Å². The van der Waals surface area contributed by atoms with Crippen LogP contribution in [0.3, 0.4) is 0 Å². The van der Waals surface area contributed by atoms with Gasteiger partial charge in [0.25, 0.3) is 0 Å². The average molecular weight is 361 g/mol. The Morgan fingerprint density at radius 2 is 1.95 bits per heavy atom. The fourth-order valence-corrected chi connectivity index (χ4v) is 2.01. The van der Waals surface area contributed by atoms with Crippen LogP contribution < -0.4 is 9.47 Å². The molecule has 7 heteroatoms. The van der Waals surface area contributed by atoms with Gasteiger partial charge in [0.15, 0.2) is 18.1 Å². The van der Waals surface area contributed by atoms with Crippen molar-refractivity contribution in [1.82, 2.24) is 0 Å². The fourth-order valence-electron chi connectivity index (χ4n) is 1.45. The number of methoxy groups -OCH3 is 2. The van der Waals surface area contributed by atoms with Gasteiger partial charge in [0.2, 0.25) is 0 Å². The van der Waals surface area contributed by atoms with Gasteiger partial charge in [-0.1, -0.05) is 6.92 Å². The third kappa shape index (κ3) is 4.93. The van der Waals surface area contributed by atoms with Crippen LogP contribution >= 0.6 is 15.9 Å². The van der Waals surface area contributed by atoms with Gasteiger partial charge in [-0.2, -0.15) is 0 Å². The van der Waals surface area contributed by atoms with E-state index in [-0.39, 0.29) is 5.56 Å². The third-order valence-corrected chi connectivity index (χ3v) is 3.05. The number of benzene rings is 1. The molecule has 116 valence electrons. The largest absolute Gasteiger partial charge is 0.493 e. The summed E-state index contributed by atoms with van der Waals surface area (Å²) in [5, 5.41) is 0. The zero-order chi connectivity index (χ0) is 15.8. The van der Waals surface area contributed by atoms with Crippen LogP contribution in [-0.4, -0.2) is 39.4 Å². The molecule has 6 nitrogen and oxygen atoms in total. The zero-order valence-electron chi connectivity index (χ0n) is 12.1. The minimum atomic E-state index is -0.651. The minimum absolute atomic E-state index is 0.242. The maximum atomic E-state index is 11.9. The molecule has 0 fully saturated rings. The molecule has 0 aromatic heterocycles. The Labute approximate surface area is 131 Å². The van der Waals surface area contributed by atoms with Crippen molar-refractivity contribution in [3.8, 4) is 11.5 Å². The second kappa shape index (κ2) is 8.51. The summed E-state index contributed by atoms with van der Waals surface area (Å²) in [5.41, 5.74) is 0.242. The van der Waals surface area contributed by atoms with Crippen LogP contribution in [-0.2, 0) is 14.3 Å². The van der Waals surface area contributed by atoms with Crippen molar-refractivity contribution < 1.29 is 28.5 Å². The van der Waals surface area contributed by atoms with Crippen molar-refractivity contribution >= 4 is 27.9 Å². The summed E-state index contributed by atoms with van der Waals surface area (Å²) >= 11 is 3.33. The molecule has 0 bridgehead atoms. The lowest BCUT2D eigenvalue weighted by atomic mass is 10.2. The highest BCUT2D eigenvalue weighted by Crippen LogP contribution is 2.36. The Morgan fingerprint density at radius 1 is 1.24 bits per heavy atom. The molecule has 0 spiro atoms. The number of ether oxygens (including phenoxy) is 4. The van der Waals surface area contributed by atoms with E-state index < -0.39 is 18.5 Å². The normalized spacial score (nSPS) is 9.90. The van der Waals surface area contributed by atoms with Crippen molar-refractivity contribution in [3.05, 3.63) is 22.2 Å². The van der Waals surface area contributed by atoms with Crippen LogP contribution in [0, 0.1) is 0 Å². The average Bonchev–Trinajstić information content (AvgIpc) is 2.50. The van der Waals surface area contributed by atoms with Crippen LogP contribution in [0.1, 0.15) is 23.7 Å². The van der Waals surface area contributed by atoms with E-state index in [1.165, 1.54) is 20.3 Å². The highest BCUT2D eigenvalue weighted by Gasteiger charge is 2.17. The molecule has 0 N–H and O–H groups in total. The SMILES string of the molecule is CCCOc1c(Br)cc(C(=O)OCC(=O)OC)cc1OC. The fraction of sp³-hybridized carbons (Fsp3) is 0.429. The van der Waals surface area contributed by atoms with Crippen molar-refractivity contribution in [2.75, 3.05) is 27.4 Å². The van der Waals surface area contributed by atoms with Crippen LogP contribution in [0.2, 0.25) is 0 Å². The molecule has 21 heavy (non-hydrogen) atoms. The lowest BCUT2D eigenvalue weighted by Crippen LogP contribution is -2.15. The van der Waals surface area contributed by atoms with E-state index in [1.54, 1.807) is 6.07 Å². The van der Waals surface area contributed by atoms with Gasteiger partial charge in [0, 0.05) is 0 Å². The second-order valence-electron chi connectivity index (χ2n) is 3.99. The first-order chi connectivity index (χ1) is 10.0. The second-order valence-corrected chi connectivity index (χ2v) is 4.84. The Morgan fingerprint density at radius 3 is 2.52 bits per heavy atom. The molecule has 0 unspecified atom stereocenters. The summed E-state index contributed by atoms with van der Waals surface area (Å²) < 4.78 is 20.6. The number of carbonyl (C=O) groups excluding carboxylic acids is 2. The van der Waals surface area contributed by atoms with E-state index in [1.807, 2.05) is 6.92 Å². The number of esters is 2. The van der Waals surface area contributed by atoms with E-state index in [0.717, 1.165) is 6.42 Å². The standard InChI is InChI=1S/C14H17BrO6/c1-4-5-20-13-10(15)6-9(7-11(13)18-2)14(17)21-8-12(16)19-3/h6-7H,4-5,8H2,1-3H3. The highest BCUT2D eigenvalue weighted by atomic mass is 79.9. The molecular weight excluding hydrogens is 344 g/mol. The Balaban J connectivity index is 2.91. The molecule has 0 saturated heterocycles. The predicted octanol–water partition coefficient (Wildman–Crippen LogP) is 2.58. The Kier molecular flexibility index (Phi) is 7.01. The van der Waals surface area contributed by atoms with Gasteiger partial charge in [-0.05, 0) is 34.5 Å². The molecule has 0 heterocycles. The molecule has 0 atom stereocenters. The minimum Gasteiger partial charge on any atom is -0.493 e. The van der Waals surface area contributed by atoms with Crippen LogP contribution in [0.4, 0.5) is 0 Å². The molecule has 0 aliphatic heterocycles. The summed E-state index contributed by atoms with van der Waals surface area (Å²) in [6.45, 7) is 2.07. The smallest absolute Gasteiger partial charge is 0.344 e. The quantitative estimate of drug-likeness (QED) is 0.696. The third-order valence-electron chi connectivity index (χ3n) is 2.46. The Bertz CT molecular complexity index is 514. The first-order valence-corrected chi connectivity index (χ1v) is 7.07. The number of carbonyl (C=O) groups is 2. The number of halogens is 1. The van der Waals surface area contributed by atoms with E-state index in [9.17, 15) is 9.59 Å². The van der Waals surface area contributed by atoms with Gasteiger partial charge in [-0.25, -0.2) is 9.59 Å². The van der Waals surface area contributed by atoms with Gasteiger partial charge < -0.3 is 18.9 Å². The molecule has 0 amide bonds. The van der Waals surface area contributed by atoms with Crippen LogP contribution in [0.25, 0.3) is 0 Å². The summed E-state index contributed by atoms with van der Waals surface area (Å²) in [5.74, 6) is -0.356. The summed E-state index contributed by atoms with van der Waals surface area (Å²) in [4.78, 5) is 22.8. The van der Waals surface area contributed by atoms with E-state index in [0.29, 0.717) is 22.6 Å². The summed E-state index contributed by atoms with van der Waals surface area (Å²) in [6, 6.07) is 3.04. The lowest BCUT2D eigenvalue weighted by Gasteiger charge is -2.13. The molecule has 0 aliphatic carbocycles. The molecule has 1 aromatic carbocycles. The van der Waals surface area contributed by atoms with Crippen LogP contribution in [0.5, 0.6) is 11.5 Å². The van der Waals surface area contributed by atoms with Gasteiger partial charge in [0.05, 0.1) is 30.9 Å². The van der Waals surface area contributed by atoms with Crippen molar-refractivity contribution in [3.63, 3.8) is 0 Å². The summed E-state index contributed by atoms with van der Waals surface area (Å²) in [6.07, 6.45) is 0.846. The number of hydrogen-bond donors (Lipinski definition) is 0. The summed E-state index contributed by atoms with van der Waals surface area (Å²) in [7, 11) is 2.69. The van der Waals surface area contributed by atoms with Gasteiger partial charge >= 0.3 is 11.9 Å². The number of hydrogen-bond acceptors (Lipinski definition) is 6. The Hall–Kier alpha value is -1.76. The maximum Gasteiger partial charge on any atom is 0.344 e. The van der Waals surface area contributed by atoms with E-state index in [4.69, 9.17) is 14.2 Å². The van der Waals surface area contributed by atoms with Crippen molar-refractivity contribution in [2.45, 2.75) is 13.3 Å². The molecule has 0 aliphatic rings. The van der Waals surface area contributed by atoms with Crippen LogP contribution in [0.15, 0.2) is 16.6 Å². The van der Waals surface area contributed by atoms with Crippen molar-refractivity contribution in [1.29, 1.82) is 0 Å². The number of rotatable bonds is 7. The molecule has 0 saturated carbocycles. The first kappa shape index (κ1) is 17.3. The molecular formula is C14H17BrO6. The van der Waals surface area contributed by atoms with Gasteiger partial charge in [-0.3, -0.25) is 0 Å². The molecule has 0 radical (unpaired) electrons. The monoisotopic (exact) mass is 360 g/mol. The highest BCUT2D eigenvalue weighted by molar-refractivity contribution is 9.10. The first-order valence-electron chi connectivity index (χ1n) is 6.27.